The molecule has 0 spiro atoms. The number of ether oxygens (including phenoxy) is 3. The zero-order valence-electron chi connectivity index (χ0n) is 18.9. The van der Waals surface area contributed by atoms with Gasteiger partial charge in [0, 0.05) is 37.3 Å². The first-order chi connectivity index (χ1) is 16.5. The molecular formula is C23H26Cl2N6O3. The molecule has 1 aliphatic heterocycles. The van der Waals surface area contributed by atoms with Crippen LogP contribution < -0.4 is 20.5 Å². The third-order valence-corrected chi connectivity index (χ3v) is 6.17. The minimum absolute atomic E-state index is 0.166. The Labute approximate surface area is 207 Å². The Morgan fingerprint density at radius 2 is 2.09 bits per heavy atom. The molecule has 2 aromatic carbocycles. The second kappa shape index (κ2) is 10.9. The SMILES string of the molecule is C/N=C(\N)N1CCCOC(COc2cc3ncnc(Nc4ccc(Cl)c(Cl)c4)c3cc2OC)C1. The van der Waals surface area contributed by atoms with Crippen LogP contribution in [0.25, 0.3) is 10.9 Å². The highest BCUT2D eigenvalue weighted by Gasteiger charge is 2.21. The van der Waals surface area contributed by atoms with E-state index in [0.29, 0.717) is 58.6 Å². The standard InChI is InChI=1S/C23H26Cl2N6O3/c1-27-23(26)31-6-3-7-33-15(11-31)12-34-21-10-19-16(9-20(21)32-2)22(29-13-28-19)30-14-4-5-17(24)18(25)8-14/h4-5,8-10,13,15H,3,6-7,11-12H2,1-2H3,(H2,26,27)(H,28,29,30). The van der Waals surface area contributed by atoms with Gasteiger partial charge in [-0.25, -0.2) is 9.97 Å². The van der Waals surface area contributed by atoms with Gasteiger partial charge >= 0.3 is 0 Å². The van der Waals surface area contributed by atoms with Crippen LogP contribution in [0.1, 0.15) is 6.42 Å². The summed E-state index contributed by atoms with van der Waals surface area (Å²) in [5.41, 5.74) is 7.45. The number of anilines is 2. The first-order valence-corrected chi connectivity index (χ1v) is 11.5. The van der Waals surface area contributed by atoms with Crippen LogP contribution in [-0.2, 0) is 4.74 Å². The highest BCUT2D eigenvalue weighted by atomic mass is 35.5. The quantitative estimate of drug-likeness (QED) is 0.381. The summed E-state index contributed by atoms with van der Waals surface area (Å²) in [4.78, 5) is 14.9. The van der Waals surface area contributed by atoms with Gasteiger partial charge < -0.3 is 30.2 Å². The highest BCUT2D eigenvalue weighted by molar-refractivity contribution is 6.42. The van der Waals surface area contributed by atoms with Gasteiger partial charge in [-0.15, -0.1) is 0 Å². The summed E-state index contributed by atoms with van der Waals surface area (Å²) in [6.07, 6.45) is 2.19. The number of nitrogens with one attached hydrogen (secondary N) is 1. The summed E-state index contributed by atoms with van der Waals surface area (Å²) in [5, 5.41) is 4.95. The number of methoxy groups -OCH3 is 1. The molecule has 0 saturated carbocycles. The van der Waals surface area contributed by atoms with Crippen LogP contribution in [0, 0.1) is 0 Å². The Morgan fingerprint density at radius 1 is 1.24 bits per heavy atom. The zero-order chi connectivity index (χ0) is 24.1. The third-order valence-electron chi connectivity index (χ3n) is 5.43. The number of guanidine groups is 1. The molecule has 1 aromatic heterocycles. The first-order valence-electron chi connectivity index (χ1n) is 10.7. The van der Waals surface area contributed by atoms with Crippen molar-refractivity contribution in [1.29, 1.82) is 0 Å². The summed E-state index contributed by atoms with van der Waals surface area (Å²) < 4.78 is 17.6. The molecule has 0 aliphatic carbocycles. The second-order valence-electron chi connectivity index (χ2n) is 7.68. The topological polar surface area (TPSA) is 107 Å². The lowest BCUT2D eigenvalue weighted by Crippen LogP contribution is -2.43. The van der Waals surface area contributed by atoms with Gasteiger partial charge in [0.2, 0.25) is 0 Å². The molecule has 3 aromatic rings. The van der Waals surface area contributed by atoms with E-state index < -0.39 is 0 Å². The van der Waals surface area contributed by atoms with E-state index in [1.807, 2.05) is 23.1 Å². The minimum atomic E-state index is -0.166. The molecule has 0 amide bonds. The van der Waals surface area contributed by atoms with Gasteiger partial charge in [-0.2, -0.15) is 0 Å². The van der Waals surface area contributed by atoms with Gasteiger partial charge in [-0.1, -0.05) is 23.2 Å². The van der Waals surface area contributed by atoms with Crippen LogP contribution in [-0.4, -0.2) is 67.4 Å². The number of benzene rings is 2. The van der Waals surface area contributed by atoms with Crippen LogP contribution in [0.15, 0.2) is 41.7 Å². The Hall–Kier alpha value is -3.01. The number of hydrogen-bond donors (Lipinski definition) is 2. The highest BCUT2D eigenvalue weighted by Crippen LogP contribution is 2.35. The fourth-order valence-electron chi connectivity index (χ4n) is 3.67. The van der Waals surface area contributed by atoms with E-state index in [1.54, 1.807) is 26.3 Å². The van der Waals surface area contributed by atoms with Gasteiger partial charge in [-0.3, -0.25) is 4.99 Å². The molecule has 4 rings (SSSR count). The molecule has 1 fully saturated rings. The van der Waals surface area contributed by atoms with Crippen LogP contribution in [0.3, 0.4) is 0 Å². The second-order valence-corrected chi connectivity index (χ2v) is 8.50. The molecule has 34 heavy (non-hydrogen) atoms. The van der Waals surface area contributed by atoms with Gasteiger partial charge in [0.25, 0.3) is 0 Å². The Kier molecular flexibility index (Phi) is 7.77. The molecular weight excluding hydrogens is 479 g/mol. The lowest BCUT2D eigenvalue weighted by atomic mass is 10.2. The van der Waals surface area contributed by atoms with Crippen LogP contribution >= 0.6 is 23.2 Å². The van der Waals surface area contributed by atoms with Crippen molar-refractivity contribution in [2.24, 2.45) is 10.7 Å². The van der Waals surface area contributed by atoms with Crippen molar-refractivity contribution in [3.63, 3.8) is 0 Å². The van der Waals surface area contributed by atoms with E-state index in [-0.39, 0.29) is 6.10 Å². The fourth-order valence-corrected chi connectivity index (χ4v) is 3.97. The molecule has 0 bridgehead atoms. The van der Waals surface area contributed by atoms with Gasteiger partial charge in [-0.05, 0) is 30.7 Å². The van der Waals surface area contributed by atoms with Crippen molar-refractivity contribution in [1.82, 2.24) is 14.9 Å². The molecule has 9 nitrogen and oxygen atoms in total. The number of aromatic nitrogens is 2. The van der Waals surface area contributed by atoms with Crippen molar-refractivity contribution >= 4 is 51.6 Å². The van der Waals surface area contributed by atoms with Crippen LogP contribution in [0.4, 0.5) is 11.5 Å². The monoisotopic (exact) mass is 504 g/mol. The average Bonchev–Trinajstić information content (AvgIpc) is 3.10. The van der Waals surface area contributed by atoms with Gasteiger partial charge in [0.1, 0.15) is 24.9 Å². The van der Waals surface area contributed by atoms with Crippen LogP contribution in [0.2, 0.25) is 10.0 Å². The molecule has 1 aliphatic rings. The van der Waals surface area contributed by atoms with Crippen molar-refractivity contribution in [2.75, 3.05) is 45.8 Å². The van der Waals surface area contributed by atoms with Gasteiger partial charge in [0.15, 0.2) is 17.5 Å². The fraction of sp³-hybridized carbons (Fsp3) is 0.348. The summed E-state index contributed by atoms with van der Waals surface area (Å²) in [6, 6.07) is 8.94. The maximum atomic E-state index is 6.14. The van der Waals surface area contributed by atoms with E-state index in [4.69, 9.17) is 43.1 Å². The van der Waals surface area contributed by atoms with E-state index in [0.717, 1.165) is 24.0 Å². The number of rotatable bonds is 6. The van der Waals surface area contributed by atoms with Crippen LogP contribution in [0.5, 0.6) is 11.5 Å². The molecule has 11 heteroatoms. The van der Waals surface area contributed by atoms with Crippen molar-refractivity contribution in [3.8, 4) is 11.5 Å². The smallest absolute Gasteiger partial charge is 0.191 e. The predicted octanol–water partition coefficient (Wildman–Crippen LogP) is 4.10. The number of halogens is 2. The summed E-state index contributed by atoms with van der Waals surface area (Å²) >= 11 is 12.2. The summed E-state index contributed by atoms with van der Waals surface area (Å²) in [5.74, 6) is 2.22. The minimum Gasteiger partial charge on any atom is -0.493 e. The molecule has 3 N–H and O–H groups in total. The number of nitrogens with zero attached hydrogens (tertiary/aromatic N) is 4. The van der Waals surface area contributed by atoms with E-state index >= 15 is 0 Å². The Bertz CT molecular complexity index is 1190. The average molecular weight is 505 g/mol. The first kappa shape index (κ1) is 24.1. The molecule has 0 radical (unpaired) electrons. The Balaban J connectivity index is 1.55. The maximum Gasteiger partial charge on any atom is 0.191 e. The maximum absolute atomic E-state index is 6.14. The number of hydrogen-bond acceptors (Lipinski definition) is 7. The molecule has 1 saturated heterocycles. The molecule has 2 heterocycles. The largest absolute Gasteiger partial charge is 0.493 e. The molecule has 180 valence electrons. The van der Waals surface area contributed by atoms with E-state index in [2.05, 4.69) is 20.3 Å². The number of nitrogens with two attached hydrogens (primary N) is 1. The third kappa shape index (κ3) is 5.55. The summed E-state index contributed by atoms with van der Waals surface area (Å²) in [7, 11) is 3.27. The normalized spacial score (nSPS) is 16.9. The van der Waals surface area contributed by atoms with E-state index in [1.165, 1.54) is 6.33 Å². The zero-order valence-corrected chi connectivity index (χ0v) is 20.4. The van der Waals surface area contributed by atoms with Gasteiger partial charge in [0.05, 0.1) is 29.2 Å². The van der Waals surface area contributed by atoms with Crippen molar-refractivity contribution in [2.45, 2.75) is 12.5 Å². The predicted molar refractivity (Wildman–Crippen MR) is 135 cm³/mol. The van der Waals surface area contributed by atoms with E-state index in [9.17, 15) is 0 Å². The lowest BCUT2D eigenvalue weighted by molar-refractivity contribution is 0.0258. The number of fused-ring (bicyclic) bond motifs is 1. The Morgan fingerprint density at radius 3 is 2.85 bits per heavy atom. The molecule has 1 unspecified atom stereocenters. The van der Waals surface area contributed by atoms with Crippen molar-refractivity contribution in [3.05, 3.63) is 46.7 Å². The summed E-state index contributed by atoms with van der Waals surface area (Å²) in [6.45, 7) is 2.35. The molecule has 1 atom stereocenters. The van der Waals surface area contributed by atoms with Crippen molar-refractivity contribution < 1.29 is 14.2 Å². The number of aliphatic imine (C=N–C) groups is 1. The lowest BCUT2D eigenvalue weighted by Gasteiger charge is -2.24.